The lowest BCUT2D eigenvalue weighted by Gasteiger charge is -2.23. The van der Waals surface area contributed by atoms with Crippen LogP contribution in [0.2, 0.25) is 0 Å². The minimum atomic E-state index is -0.280. The standard InChI is InChI=1S/C12H17ClN2O2/c1-12(2,6-7-13)8-14-11(17)9-4-3-5-10(16)15-9/h3-5H,6-8H2,1-2H3,(H,14,17)(H,15,16). The maximum atomic E-state index is 11.7. The molecule has 0 atom stereocenters. The van der Waals surface area contributed by atoms with E-state index >= 15 is 0 Å². The van der Waals surface area contributed by atoms with Crippen LogP contribution in [0, 0.1) is 5.41 Å². The number of H-pyrrole nitrogens is 1. The number of aromatic nitrogens is 1. The highest BCUT2D eigenvalue weighted by molar-refractivity contribution is 6.17. The SMILES string of the molecule is CC(C)(CCCl)CNC(=O)c1cccc(=O)[nH]1. The molecule has 4 nitrogen and oxygen atoms in total. The van der Waals surface area contributed by atoms with Gasteiger partial charge in [-0.15, -0.1) is 11.6 Å². The first-order valence-corrected chi connectivity index (χ1v) is 6.01. The number of hydrogen-bond acceptors (Lipinski definition) is 2. The number of aromatic amines is 1. The van der Waals surface area contributed by atoms with Crippen molar-refractivity contribution in [2.45, 2.75) is 20.3 Å². The Labute approximate surface area is 105 Å². The van der Waals surface area contributed by atoms with Crippen molar-refractivity contribution in [3.8, 4) is 0 Å². The van der Waals surface area contributed by atoms with Crippen LogP contribution in [0.5, 0.6) is 0 Å². The summed E-state index contributed by atoms with van der Waals surface area (Å²) >= 11 is 5.68. The first-order chi connectivity index (χ1) is 7.94. The number of carbonyl (C=O) groups excluding carboxylic acids is 1. The Morgan fingerprint density at radius 2 is 2.18 bits per heavy atom. The first kappa shape index (κ1) is 13.8. The van der Waals surface area contributed by atoms with Gasteiger partial charge in [0.1, 0.15) is 5.69 Å². The van der Waals surface area contributed by atoms with E-state index in [1.165, 1.54) is 6.07 Å². The third-order valence-electron chi connectivity index (χ3n) is 2.51. The molecule has 0 bridgehead atoms. The molecule has 1 amide bonds. The van der Waals surface area contributed by atoms with Crippen LogP contribution in [0.1, 0.15) is 30.8 Å². The maximum Gasteiger partial charge on any atom is 0.267 e. The minimum absolute atomic E-state index is 0.0491. The molecule has 0 saturated carbocycles. The molecule has 17 heavy (non-hydrogen) atoms. The predicted molar refractivity (Wildman–Crippen MR) is 68.5 cm³/mol. The van der Waals surface area contributed by atoms with Gasteiger partial charge >= 0.3 is 0 Å². The van der Waals surface area contributed by atoms with Gasteiger partial charge in [0, 0.05) is 18.5 Å². The predicted octanol–water partition coefficient (Wildman–Crippen LogP) is 1.76. The van der Waals surface area contributed by atoms with Crippen molar-refractivity contribution in [3.63, 3.8) is 0 Å². The van der Waals surface area contributed by atoms with Gasteiger partial charge in [0.05, 0.1) is 0 Å². The molecule has 0 radical (unpaired) electrons. The van der Waals surface area contributed by atoms with Crippen molar-refractivity contribution in [1.82, 2.24) is 10.3 Å². The molecule has 0 aromatic carbocycles. The van der Waals surface area contributed by atoms with E-state index in [0.29, 0.717) is 12.4 Å². The third-order valence-corrected chi connectivity index (χ3v) is 2.70. The van der Waals surface area contributed by atoms with Crippen molar-refractivity contribution in [3.05, 3.63) is 34.2 Å². The van der Waals surface area contributed by atoms with Crippen molar-refractivity contribution in [2.24, 2.45) is 5.41 Å². The fraction of sp³-hybridized carbons (Fsp3) is 0.500. The summed E-state index contributed by atoms with van der Waals surface area (Å²) in [6, 6.07) is 4.50. The third kappa shape index (κ3) is 4.61. The van der Waals surface area contributed by atoms with Gasteiger partial charge in [0.2, 0.25) is 5.56 Å². The summed E-state index contributed by atoms with van der Waals surface area (Å²) in [6.07, 6.45) is 0.820. The van der Waals surface area contributed by atoms with Crippen LogP contribution in [-0.2, 0) is 0 Å². The molecule has 2 N–H and O–H groups in total. The number of amides is 1. The fourth-order valence-electron chi connectivity index (χ4n) is 1.34. The van der Waals surface area contributed by atoms with Crippen molar-refractivity contribution < 1.29 is 4.79 Å². The number of pyridine rings is 1. The second-order valence-electron chi connectivity index (χ2n) is 4.71. The highest BCUT2D eigenvalue weighted by Crippen LogP contribution is 2.19. The second kappa shape index (κ2) is 5.87. The topological polar surface area (TPSA) is 62.0 Å². The van der Waals surface area contributed by atoms with E-state index < -0.39 is 0 Å². The van der Waals surface area contributed by atoms with E-state index in [1.54, 1.807) is 12.1 Å². The Morgan fingerprint density at radius 3 is 2.76 bits per heavy atom. The Hall–Kier alpha value is -1.29. The van der Waals surface area contributed by atoms with Crippen LogP contribution in [-0.4, -0.2) is 23.3 Å². The van der Waals surface area contributed by atoms with Crippen molar-refractivity contribution >= 4 is 17.5 Å². The average molecular weight is 257 g/mol. The van der Waals surface area contributed by atoms with Crippen LogP contribution < -0.4 is 10.9 Å². The quantitative estimate of drug-likeness (QED) is 0.789. The number of hydrogen-bond donors (Lipinski definition) is 2. The number of rotatable bonds is 5. The zero-order valence-electron chi connectivity index (χ0n) is 10.0. The highest BCUT2D eigenvalue weighted by atomic mass is 35.5. The summed E-state index contributed by atoms with van der Waals surface area (Å²) in [5, 5.41) is 2.78. The summed E-state index contributed by atoms with van der Waals surface area (Å²) < 4.78 is 0. The van der Waals surface area contributed by atoms with E-state index in [9.17, 15) is 9.59 Å². The van der Waals surface area contributed by atoms with Crippen LogP contribution in [0.4, 0.5) is 0 Å². The Balaban J connectivity index is 2.59. The monoisotopic (exact) mass is 256 g/mol. The highest BCUT2D eigenvalue weighted by Gasteiger charge is 2.18. The van der Waals surface area contributed by atoms with Gasteiger partial charge in [-0.1, -0.05) is 19.9 Å². The fourth-order valence-corrected chi connectivity index (χ4v) is 1.85. The number of alkyl halides is 1. The zero-order chi connectivity index (χ0) is 12.9. The lowest BCUT2D eigenvalue weighted by molar-refractivity contribution is 0.0930. The molecule has 1 heterocycles. The van der Waals surface area contributed by atoms with Gasteiger partial charge in [-0.05, 0) is 17.9 Å². The second-order valence-corrected chi connectivity index (χ2v) is 5.09. The summed E-state index contributed by atoms with van der Waals surface area (Å²) in [7, 11) is 0. The van der Waals surface area contributed by atoms with Gasteiger partial charge in [-0.2, -0.15) is 0 Å². The van der Waals surface area contributed by atoms with Crippen LogP contribution in [0.15, 0.2) is 23.0 Å². The van der Waals surface area contributed by atoms with Crippen LogP contribution in [0.3, 0.4) is 0 Å². The molecule has 94 valence electrons. The molecule has 1 aromatic rings. The van der Waals surface area contributed by atoms with Gasteiger partial charge in [-0.25, -0.2) is 0 Å². The molecular weight excluding hydrogens is 240 g/mol. The normalized spacial score (nSPS) is 11.2. The Morgan fingerprint density at radius 1 is 1.47 bits per heavy atom. The maximum absolute atomic E-state index is 11.7. The Bertz CT molecular complexity index is 440. The summed E-state index contributed by atoms with van der Waals surface area (Å²) in [5.41, 5.74) is -0.0520. The Kier molecular flexibility index (Phi) is 4.75. The molecule has 1 aromatic heterocycles. The van der Waals surface area contributed by atoms with E-state index in [4.69, 9.17) is 11.6 Å². The summed E-state index contributed by atoms with van der Waals surface area (Å²) in [5.74, 6) is 0.288. The van der Waals surface area contributed by atoms with Gasteiger partial charge in [0.25, 0.3) is 5.91 Å². The van der Waals surface area contributed by atoms with E-state index in [0.717, 1.165) is 6.42 Å². The molecule has 0 fully saturated rings. The molecule has 0 unspecified atom stereocenters. The zero-order valence-corrected chi connectivity index (χ0v) is 10.8. The van der Waals surface area contributed by atoms with Gasteiger partial charge in [0.15, 0.2) is 0 Å². The van der Waals surface area contributed by atoms with Gasteiger partial charge in [-0.3, -0.25) is 9.59 Å². The lowest BCUT2D eigenvalue weighted by atomic mass is 9.90. The van der Waals surface area contributed by atoms with Crippen LogP contribution in [0.25, 0.3) is 0 Å². The van der Waals surface area contributed by atoms with E-state index in [2.05, 4.69) is 10.3 Å². The van der Waals surface area contributed by atoms with Crippen molar-refractivity contribution in [2.75, 3.05) is 12.4 Å². The van der Waals surface area contributed by atoms with E-state index in [-0.39, 0.29) is 22.6 Å². The molecule has 0 aliphatic heterocycles. The first-order valence-electron chi connectivity index (χ1n) is 5.48. The number of nitrogens with one attached hydrogen (secondary N) is 2. The molecular formula is C12H17ClN2O2. The van der Waals surface area contributed by atoms with Crippen LogP contribution >= 0.6 is 11.6 Å². The molecule has 5 heteroatoms. The smallest absolute Gasteiger partial charge is 0.267 e. The molecule has 0 aliphatic carbocycles. The largest absolute Gasteiger partial charge is 0.350 e. The lowest BCUT2D eigenvalue weighted by Crippen LogP contribution is -2.35. The van der Waals surface area contributed by atoms with E-state index in [1.807, 2.05) is 13.8 Å². The summed E-state index contributed by atoms with van der Waals surface area (Å²) in [6.45, 7) is 4.59. The number of carbonyl (C=O) groups is 1. The average Bonchev–Trinajstić information content (AvgIpc) is 2.26. The van der Waals surface area contributed by atoms with Gasteiger partial charge < -0.3 is 10.3 Å². The molecule has 0 spiro atoms. The molecule has 0 saturated heterocycles. The van der Waals surface area contributed by atoms with Crippen molar-refractivity contribution in [1.29, 1.82) is 0 Å². The number of halogens is 1. The molecule has 0 aliphatic rings. The summed E-state index contributed by atoms with van der Waals surface area (Å²) in [4.78, 5) is 25.3. The minimum Gasteiger partial charge on any atom is -0.350 e. The molecule has 1 rings (SSSR count).